The van der Waals surface area contributed by atoms with Gasteiger partial charge in [-0.05, 0) is 44.4 Å². The van der Waals surface area contributed by atoms with Crippen LogP contribution < -0.4 is 4.90 Å². The van der Waals surface area contributed by atoms with Crippen molar-refractivity contribution in [1.29, 1.82) is 5.26 Å². The van der Waals surface area contributed by atoms with Crippen LogP contribution in [0.5, 0.6) is 0 Å². The molecule has 2 heterocycles. The van der Waals surface area contributed by atoms with Crippen molar-refractivity contribution in [3.8, 4) is 6.07 Å². The van der Waals surface area contributed by atoms with Gasteiger partial charge in [-0.2, -0.15) is 5.26 Å². The van der Waals surface area contributed by atoms with Crippen molar-refractivity contribution in [3.05, 3.63) is 52.8 Å². The van der Waals surface area contributed by atoms with Gasteiger partial charge in [-0.1, -0.05) is 18.2 Å². The van der Waals surface area contributed by atoms with E-state index in [-0.39, 0.29) is 0 Å². The molecule has 3 heteroatoms. The fraction of sp³-hybridized carbons (Fsp3) is 0.294. The molecule has 0 amide bonds. The highest BCUT2D eigenvalue weighted by atomic mass is 15.1. The Balaban J connectivity index is 2.18. The number of rotatable bonds is 1. The molecule has 100 valence electrons. The Morgan fingerprint density at radius 1 is 1.20 bits per heavy atom. The summed E-state index contributed by atoms with van der Waals surface area (Å²) < 4.78 is 0. The second kappa shape index (κ2) is 4.97. The first-order valence-corrected chi connectivity index (χ1v) is 6.94. The maximum Gasteiger partial charge on any atom is 0.103 e. The summed E-state index contributed by atoms with van der Waals surface area (Å²) in [5.41, 5.74) is 6.03. The molecule has 0 radical (unpaired) electrons. The highest BCUT2D eigenvalue weighted by Crippen LogP contribution is 2.35. The molecule has 3 rings (SSSR count). The second-order valence-electron chi connectivity index (χ2n) is 5.24. The van der Waals surface area contributed by atoms with E-state index in [0.717, 1.165) is 36.5 Å². The molecule has 0 fully saturated rings. The predicted octanol–water partition coefficient (Wildman–Crippen LogP) is 3.65. The fourth-order valence-corrected chi connectivity index (χ4v) is 2.94. The van der Waals surface area contributed by atoms with Gasteiger partial charge >= 0.3 is 0 Å². The first-order chi connectivity index (χ1) is 9.70. The predicted molar refractivity (Wildman–Crippen MR) is 80.2 cm³/mol. The molecular formula is C17H17N3. The minimum absolute atomic E-state index is 0.687. The fourth-order valence-electron chi connectivity index (χ4n) is 2.94. The number of hydrogen-bond donors (Lipinski definition) is 0. The van der Waals surface area contributed by atoms with E-state index in [4.69, 9.17) is 0 Å². The van der Waals surface area contributed by atoms with Gasteiger partial charge in [-0.3, -0.25) is 4.98 Å². The lowest BCUT2D eigenvalue weighted by Gasteiger charge is -2.32. The van der Waals surface area contributed by atoms with Gasteiger partial charge in [-0.15, -0.1) is 0 Å². The summed E-state index contributed by atoms with van der Waals surface area (Å²) in [4.78, 5) is 6.67. The number of hydrogen-bond acceptors (Lipinski definition) is 3. The van der Waals surface area contributed by atoms with E-state index >= 15 is 0 Å². The van der Waals surface area contributed by atoms with E-state index in [9.17, 15) is 5.26 Å². The summed E-state index contributed by atoms with van der Waals surface area (Å²) >= 11 is 0. The van der Waals surface area contributed by atoms with Crippen molar-refractivity contribution in [2.24, 2.45) is 0 Å². The Morgan fingerprint density at radius 2 is 2.00 bits per heavy atom. The van der Waals surface area contributed by atoms with E-state index in [1.54, 1.807) is 0 Å². The lowest BCUT2D eigenvalue weighted by molar-refractivity contribution is 0.765. The number of aryl methyl sites for hydroxylation is 3. The van der Waals surface area contributed by atoms with Gasteiger partial charge in [0.2, 0.25) is 0 Å². The van der Waals surface area contributed by atoms with Crippen molar-refractivity contribution in [3.63, 3.8) is 0 Å². The number of aromatic nitrogens is 1. The van der Waals surface area contributed by atoms with Crippen LogP contribution in [0.4, 0.5) is 11.4 Å². The third kappa shape index (κ3) is 2.04. The molecular weight excluding hydrogens is 246 g/mol. The Morgan fingerprint density at radius 3 is 2.80 bits per heavy atom. The number of fused-ring (bicyclic) bond motifs is 1. The van der Waals surface area contributed by atoms with Crippen molar-refractivity contribution >= 4 is 11.4 Å². The summed E-state index contributed by atoms with van der Waals surface area (Å²) in [5, 5.41) is 9.45. The minimum Gasteiger partial charge on any atom is -0.340 e. The number of nitriles is 1. The van der Waals surface area contributed by atoms with Crippen LogP contribution in [0.3, 0.4) is 0 Å². The first kappa shape index (κ1) is 12.7. The maximum atomic E-state index is 9.45. The number of pyridine rings is 1. The normalized spacial score (nSPS) is 13.8. The first-order valence-electron chi connectivity index (χ1n) is 6.94. The highest BCUT2D eigenvalue weighted by Gasteiger charge is 2.21. The quantitative estimate of drug-likeness (QED) is 0.788. The zero-order chi connectivity index (χ0) is 14.1. The molecule has 1 aliphatic heterocycles. The molecule has 3 nitrogen and oxygen atoms in total. The Labute approximate surface area is 119 Å². The van der Waals surface area contributed by atoms with E-state index in [0.29, 0.717) is 5.56 Å². The number of nitrogens with zero attached hydrogens (tertiary/aromatic N) is 3. The summed E-state index contributed by atoms with van der Waals surface area (Å²) in [6.45, 7) is 4.84. The molecule has 0 saturated heterocycles. The van der Waals surface area contributed by atoms with Crippen LogP contribution in [0.25, 0.3) is 0 Å². The Kier molecular flexibility index (Phi) is 3.15. The van der Waals surface area contributed by atoms with Gasteiger partial charge < -0.3 is 4.90 Å². The Hall–Kier alpha value is -2.34. The van der Waals surface area contributed by atoms with Gasteiger partial charge in [0.15, 0.2) is 0 Å². The van der Waals surface area contributed by atoms with E-state index in [1.165, 1.54) is 11.3 Å². The molecule has 0 spiro atoms. The van der Waals surface area contributed by atoms with Gasteiger partial charge in [0.1, 0.15) is 6.07 Å². The van der Waals surface area contributed by atoms with E-state index in [1.807, 2.05) is 19.9 Å². The van der Waals surface area contributed by atoms with E-state index < -0.39 is 0 Å². The molecule has 2 aromatic rings. The Bertz CT molecular complexity index is 698. The van der Waals surface area contributed by atoms with Crippen LogP contribution in [0.15, 0.2) is 30.3 Å². The minimum atomic E-state index is 0.687. The molecule has 1 aliphatic rings. The van der Waals surface area contributed by atoms with Crippen LogP contribution in [-0.2, 0) is 6.42 Å². The average Bonchev–Trinajstić information content (AvgIpc) is 2.46. The highest BCUT2D eigenvalue weighted by molar-refractivity contribution is 5.73. The molecule has 20 heavy (non-hydrogen) atoms. The van der Waals surface area contributed by atoms with Crippen LogP contribution in [0, 0.1) is 25.2 Å². The van der Waals surface area contributed by atoms with Gasteiger partial charge in [0.05, 0.1) is 16.9 Å². The largest absolute Gasteiger partial charge is 0.340 e. The third-order valence-electron chi connectivity index (χ3n) is 3.82. The molecule has 1 aromatic carbocycles. The zero-order valence-electron chi connectivity index (χ0n) is 11.8. The molecule has 0 unspecified atom stereocenters. The van der Waals surface area contributed by atoms with Crippen LogP contribution in [0.1, 0.15) is 28.9 Å². The summed E-state index contributed by atoms with van der Waals surface area (Å²) in [6, 6.07) is 12.8. The monoisotopic (exact) mass is 263 g/mol. The topological polar surface area (TPSA) is 39.9 Å². The van der Waals surface area contributed by atoms with Gasteiger partial charge in [-0.25, -0.2) is 0 Å². The maximum absolute atomic E-state index is 9.45. The van der Waals surface area contributed by atoms with Gasteiger partial charge in [0, 0.05) is 17.9 Å². The van der Waals surface area contributed by atoms with Crippen LogP contribution in [0.2, 0.25) is 0 Å². The third-order valence-corrected chi connectivity index (χ3v) is 3.82. The summed E-state index contributed by atoms with van der Waals surface area (Å²) in [7, 11) is 0. The number of benzene rings is 1. The number of anilines is 2. The van der Waals surface area contributed by atoms with Crippen molar-refractivity contribution in [2.75, 3.05) is 11.4 Å². The summed E-state index contributed by atoms with van der Waals surface area (Å²) in [6.07, 6.45) is 2.22. The zero-order valence-corrected chi connectivity index (χ0v) is 11.8. The SMILES string of the molecule is Cc1cc(N2CCCc3ccccc32)c(C#N)c(C)n1. The molecule has 0 N–H and O–H groups in total. The molecule has 0 saturated carbocycles. The van der Waals surface area contributed by atoms with Crippen LogP contribution in [-0.4, -0.2) is 11.5 Å². The molecule has 0 bridgehead atoms. The van der Waals surface area contributed by atoms with Crippen LogP contribution >= 0.6 is 0 Å². The average molecular weight is 263 g/mol. The molecule has 0 aliphatic carbocycles. The number of para-hydroxylation sites is 1. The lowest BCUT2D eigenvalue weighted by Crippen LogP contribution is -2.25. The second-order valence-corrected chi connectivity index (χ2v) is 5.24. The molecule has 0 atom stereocenters. The van der Waals surface area contributed by atoms with Crippen molar-refractivity contribution < 1.29 is 0 Å². The van der Waals surface area contributed by atoms with Gasteiger partial charge in [0.25, 0.3) is 0 Å². The van der Waals surface area contributed by atoms with Crippen molar-refractivity contribution in [1.82, 2.24) is 4.98 Å². The molecule has 1 aromatic heterocycles. The smallest absolute Gasteiger partial charge is 0.103 e. The summed E-state index contributed by atoms with van der Waals surface area (Å²) in [5.74, 6) is 0. The van der Waals surface area contributed by atoms with E-state index in [2.05, 4.69) is 40.2 Å². The van der Waals surface area contributed by atoms with Crippen molar-refractivity contribution in [2.45, 2.75) is 26.7 Å². The standard InChI is InChI=1S/C17H17N3/c1-12-10-17(15(11-18)13(2)19-12)20-9-5-7-14-6-3-4-8-16(14)20/h3-4,6,8,10H,5,7,9H2,1-2H3. The lowest BCUT2D eigenvalue weighted by atomic mass is 10.00.